The lowest BCUT2D eigenvalue weighted by molar-refractivity contribution is -0.123. The third-order valence-corrected chi connectivity index (χ3v) is 3.28. The normalized spacial score (nSPS) is 33.8. The van der Waals surface area contributed by atoms with E-state index in [0.717, 1.165) is 19.5 Å². The van der Waals surface area contributed by atoms with E-state index in [4.69, 9.17) is 0 Å². The molecule has 3 heteroatoms. The van der Waals surface area contributed by atoms with Gasteiger partial charge in [0.25, 0.3) is 0 Å². The topological polar surface area (TPSA) is 23.6 Å². The Labute approximate surface area is 79.7 Å². The third kappa shape index (κ3) is 1.57. The SMILES string of the molecule is CCCN1CC2CCC(C1)N2C=O. The summed E-state index contributed by atoms with van der Waals surface area (Å²) in [6.45, 7) is 5.61. The van der Waals surface area contributed by atoms with Crippen molar-refractivity contribution < 1.29 is 4.79 Å². The summed E-state index contributed by atoms with van der Waals surface area (Å²) in [4.78, 5) is 15.3. The van der Waals surface area contributed by atoms with Crippen molar-refractivity contribution in [1.82, 2.24) is 9.80 Å². The molecule has 13 heavy (non-hydrogen) atoms. The molecular weight excluding hydrogens is 164 g/mol. The number of nitrogens with zero attached hydrogens (tertiary/aromatic N) is 2. The smallest absolute Gasteiger partial charge is 0.210 e. The van der Waals surface area contributed by atoms with Crippen LogP contribution in [-0.4, -0.2) is 47.9 Å². The molecule has 3 nitrogen and oxygen atoms in total. The van der Waals surface area contributed by atoms with Gasteiger partial charge in [-0.1, -0.05) is 6.92 Å². The molecule has 0 aromatic heterocycles. The van der Waals surface area contributed by atoms with E-state index < -0.39 is 0 Å². The van der Waals surface area contributed by atoms with E-state index in [9.17, 15) is 4.79 Å². The molecule has 1 amide bonds. The quantitative estimate of drug-likeness (QED) is 0.600. The minimum atomic E-state index is 0.516. The largest absolute Gasteiger partial charge is 0.337 e. The van der Waals surface area contributed by atoms with Gasteiger partial charge in [0.15, 0.2) is 0 Å². The molecule has 2 aliphatic heterocycles. The Balaban J connectivity index is 1.97. The van der Waals surface area contributed by atoms with Crippen LogP contribution in [0.2, 0.25) is 0 Å². The van der Waals surface area contributed by atoms with Crippen LogP contribution in [-0.2, 0) is 4.79 Å². The Morgan fingerprint density at radius 1 is 1.31 bits per heavy atom. The molecule has 2 rings (SSSR count). The molecule has 0 N–H and O–H groups in total. The number of hydrogen-bond donors (Lipinski definition) is 0. The fourth-order valence-corrected chi connectivity index (χ4v) is 2.69. The number of rotatable bonds is 3. The highest BCUT2D eigenvalue weighted by molar-refractivity contribution is 5.50. The molecule has 0 aromatic rings. The van der Waals surface area contributed by atoms with E-state index in [1.165, 1.54) is 25.8 Å². The molecule has 2 atom stereocenters. The number of amides is 1. The van der Waals surface area contributed by atoms with E-state index >= 15 is 0 Å². The number of likely N-dealkylation sites (tertiary alicyclic amines) is 1. The summed E-state index contributed by atoms with van der Waals surface area (Å²) in [5.74, 6) is 0. The van der Waals surface area contributed by atoms with E-state index in [0.29, 0.717) is 12.1 Å². The second kappa shape index (κ2) is 3.66. The highest BCUT2D eigenvalue weighted by atomic mass is 16.1. The lowest BCUT2D eigenvalue weighted by atomic mass is 10.2. The highest BCUT2D eigenvalue weighted by Gasteiger charge is 2.38. The van der Waals surface area contributed by atoms with Crippen molar-refractivity contribution in [2.45, 2.75) is 38.3 Å². The van der Waals surface area contributed by atoms with Crippen molar-refractivity contribution in [3.05, 3.63) is 0 Å². The number of carbonyl (C=O) groups excluding carboxylic acids is 1. The van der Waals surface area contributed by atoms with Crippen LogP contribution in [0.5, 0.6) is 0 Å². The number of carbonyl (C=O) groups is 1. The molecule has 2 unspecified atom stereocenters. The van der Waals surface area contributed by atoms with E-state index in [-0.39, 0.29) is 0 Å². The van der Waals surface area contributed by atoms with Gasteiger partial charge in [0.05, 0.1) is 0 Å². The number of piperazine rings is 1. The van der Waals surface area contributed by atoms with Crippen molar-refractivity contribution in [2.24, 2.45) is 0 Å². The minimum Gasteiger partial charge on any atom is -0.337 e. The zero-order valence-electron chi connectivity index (χ0n) is 8.28. The second-order valence-electron chi connectivity index (χ2n) is 4.20. The molecule has 2 fully saturated rings. The second-order valence-corrected chi connectivity index (χ2v) is 4.20. The lowest BCUT2D eigenvalue weighted by Gasteiger charge is -2.38. The van der Waals surface area contributed by atoms with E-state index in [1.54, 1.807) is 0 Å². The fraction of sp³-hybridized carbons (Fsp3) is 0.900. The zero-order chi connectivity index (χ0) is 9.26. The van der Waals surface area contributed by atoms with Gasteiger partial charge in [-0.2, -0.15) is 0 Å². The first kappa shape index (κ1) is 9.00. The monoisotopic (exact) mass is 182 g/mol. The Morgan fingerprint density at radius 3 is 2.38 bits per heavy atom. The summed E-state index contributed by atoms with van der Waals surface area (Å²) in [5, 5.41) is 0. The molecule has 0 radical (unpaired) electrons. The summed E-state index contributed by atoms with van der Waals surface area (Å²) in [7, 11) is 0. The van der Waals surface area contributed by atoms with Crippen LogP contribution in [0.15, 0.2) is 0 Å². The van der Waals surface area contributed by atoms with Crippen LogP contribution >= 0.6 is 0 Å². The van der Waals surface area contributed by atoms with Gasteiger partial charge < -0.3 is 4.90 Å². The Hall–Kier alpha value is -0.570. The molecule has 2 heterocycles. The Bertz CT molecular complexity index is 181. The van der Waals surface area contributed by atoms with Gasteiger partial charge in [-0.15, -0.1) is 0 Å². The molecular formula is C10H18N2O. The molecule has 0 aliphatic carbocycles. The maximum absolute atomic E-state index is 10.8. The summed E-state index contributed by atoms with van der Waals surface area (Å²) in [6.07, 6.45) is 4.69. The van der Waals surface area contributed by atoms with Gasteiger partial charge in [-0.25, -0.2) is 0 Å². The lowest BCUT2D eigenvalue weighted by Crippen LogP contribution is -2.53. The van der Waals surface area contributed by atoms with Gasteiger partial charge in [-0.3, -0.25) is 9.69 Å². The first-order valence-corrected chi connectivity index (χ1v) is 5.30. The highest BCUT2D eigenvalue weighted by Crippen LogP contribution is 2.28. The molecule has 2 saturated heterocycles. The number of fused-ring (bicyclic) bond motifs is 2. The van der Waals surface area contributed by atoms with Crippen LogP contribution in [0, 0.1) is 0 Å². The minimum absolute atomic E-state index is 0.516. The summed E-state index contributed by atoms with van der Waals surface area (Å²) >= 11 is 0. The third-order valence-electron chi connectivity index (χ3n) is 3.28. The van der Waals surface area contributed by atoms with Gasteiger partial charge in [0, 0.05) is 25.2 Å². The Morgan fingerprint density at radius 2 is 1.92 bits per heavy atom. The summed E-state index contributed by atoms with van der Waals surface area (Å²) in [5.41, 5.74) is 0. The van der Waals surface area contributed by atoms with Crippen molar-refractivity contribution in [3.8, 4) is 0 Å². The first-order chi connectivity index (χ1) is 6.35. The molecule has 2 bridgehead atoms. The maximum atomic E-state index is 10.8. The standard InChI is InChI=1S/C10H18N2O/c1-2-5-11-6-9-3-4-10(7-11)12(9)8-13/h8-10H,2-7H2,1H3. The molecule has 0 aromatic carbocycles. The number of hydrogen-bond acceptors (Lipinski definition) is 2. The first-order valence-electron chi connectivity index (χ1n) is 5.30. The van der Waals surface area contributed by atoms with Crippen molar-refractivity contribution >= 4 is 6.41 Å². The summed E-state index contributed by atoms with van der Waals surface area (Å²) < 4.78 is 0. The van der Waals surface area contributed by atoms with E-state index in [2.05, 4.69) is 11.8 Å². The van der Waals surface area contributed by atoms with Crippen LogP contribution < -0.4 is 0 Å². The zero-order valence-corrected chi connectivity index (χ0v) is 8.28. The molecule has 74 valence electrons. The molecule has 0 spiro atoms. The van der Waals surface area contributed by atoms with E-state index in [1.807, 2.05) is 4.90 Å². The van der Waals surface area contributed by atoms with Crippen molar-refractivity contribution in [2.75, 3.05) is 19.6 Å². The van der Waals surface area contributed by atoms with Crippen LogP contribution in [0.4, 0.5) is 0 Å². The van der Waals surface area contributed by atoms with Crippen LogP contribution in [0.3, 0.4) is 0 Å². The average Bonchev–Trinajstić information content (AvgIpc) is 2.37. The van der Waals surface area contributed by atoms with Crippen LogP contribution in [0.1, 0.15) is 26.2 Å². The molecule has 0 saturated carbocycles. The van der Waals surface area contributed by atoms with Gasteiger partial charge in [0.1, 0.15) is 0 Å². The summed E-state index contributed by atoms with van der Waals surface area (Å²) in [6, 6.07) is 1.03. The van der Waals surface area contributed by atoms with Gasteiger partial charge >= 0.3 is 0 Å². The fourth-order valence-electron chi connectivity index (χ4n) is 2.69. The Kier molecular flexibility index (Phi) is 2.54. The van der Waals surface area contributed by atoms with Crippen molar-refractivity contribution in [1.29, 1.82) is 0 Å². The average molecular weight is 182 g/mol. The maximum Gasteiger partial charge on any atom is 0.210 e. The predicted molar refractivity (Wildman–Crippen MR) is 51.4 cm³/mol. The van der Waals surface area contributed by atoms with Crippen LogP contribution in [0.25, 0.3) is 0 Å². The molecule has 2 aliphatic rings. The van der Waals surface area contributed by atoms with Gasteiger partial charge in [0.2, 0.25) is 6.41 Å². The van der Waals surface area contributed by atoms with Gasteiger partial charge in [-0.05, 0) is 25.8 Å². The predicted octanol–water partition coefficient (Wildman–Crippen LogP) is 0.701. The van der Waals surface area contributed by atoms with Crippen molar-refractivity contribution in [3.63, 3.8) is 0 Å².